The van der Waals surface area contributed by atoms with Gasteiger partial charge >= 0.3 is 11.9 Å². The molecule has 0 spiro atoms. The summed E-state index contributed by atoms with van der Waals surface area (Å²) in [5.41, 5.74) is -0.461. The van der Waals surface area contributed by atoms with E-state index in [-0.39, 0.29) is 11.5 Å². The van der Waals surface area contributed by atoms with Crippen LogP contribution in [-0.4, -0.2) is 76.4 Å². The first kappa shape index (κ1) is 31.5. The molecule has 2 N–H and O–H groups in total. The fraction of sp³-hybridized carbons (Fsp3) is 0.333. The molecule has 2 unspecified atom stereocenters. The van der Waals surface area contributed by atoms with E-state index in [1.54, 1.807) is 0 Å². The Kier molecular flexibility index (Phi) is 10.2. The van der Waals surface area contributed by atoms with Crippen LogP contribution in [0.5, 0.6) is 23.0 Å². The van der Waals surface area contributed by atoms with Gasteiger partial charge in [-0.3, -0.25) is 19.2 Å². The summed E-state index contributed by atoms with van der Waals surface area (Å²) in [6.45, 7) is 0. The molecule has 12 nitrogen and oxygen atoms in total. The number of aliphatic hydroxyl groups excluding tert-OH is 2. The quantitative estimate of drug-likeness (QED) is 0.276. The highest BCUT2D eigenvalue weighted by atomic mass is 16.5. The van der Waals surface area contributed by atoms with Crippen LogP contribution in [0.1, 0.15) is 35.8 Å². The molecule has 3 rings (SSSR count). The molecule has 12 heteroatoms. The fourth-order valence-corrected chi connectivity index (χ4v) is 4.77. The maximum absolute atomic E-state index is 13.7. The minimum atomic E-state index is -1.22. The van der Waals surface area contributed by atoms with Crippen molar-refractivity contribution in [3.63, 3.8) is 0 Å². The van der Waals surface area contributed by atoms with Crippen LogP contribution in [0, 0.1) is 0 Å². The van der Waals surface area contributed by atoms with Gasteiger partial charge < -0.3 is 38.6 Å². The minimum Gasteiger partial charge on any atom is -0.504 e. The van der Waals surface area contributed by atoms with Gasteiger partial charge in [0, 0.05) is 11.8 Å². The highest BCUT2D eigenvalue weighted by Crippen LogP contribution is 2.43. The van der Waals surface area contributed by atoms with Gasteiger partial charge in [0.15, 0.2) is 34.5 Å². The molecular formula is C30H32O12. The number of aliphatic hydroxyl groups is 2. The van der Waals surface area contributed by atoms with Crippen molar-refractivity contribution in [1.29, 1.82) is 0 Å². The Morgan fingerprint density at radius 3 is 1.21 bits per heavy atom. The van der Waals surface area contributed by atoms with E-state index in [0.717, 1.165) is 14.2 Å². The lowest BCUT2D eigenvalue weighted by Crippen LogP contribution is -2.31. The first-order valence-electron chi connectivity index (χ1n) is 12.6. The van der Waals surface area contributed by atoms with Crippen molar-refractivity contribution in [2.24, 2.45) is 0 Å². The molecule has 0 fully saturated rings. The Bertz CT molecular complexity index is 1340. The molecule has 2 aromatic carbocycles. The third-order valence-electron chi connectivity index (χ3n) is 6.94. The van der Waals surface area contributed by atoms with Gasteiger partial charge in [0.05, 0.1) is 66.6 Å². The zero-order valence-corrected chi connectivity index (χ0v) is 24.0. The number of carbonyl (C=O) groups is 4. The predicted molar refractivity (Wildman–Crippen MR) is 147 cm³/mol. The third kappa shape index (κ3) is 6.17. The first-order valence-corrected chi connectivity index (χ1v) is 12.6. The lowest BCUT2D eigenvalue weighted by molar-refractivity contribution is -0.142. The average molecular weight is 585 g/mol. The Labute approximate surface area is 242 Å². The second-order valence-electron chi connectivity index (χ2n) is 9.08. The van der Waals surface area contributed by atoms with E-state index in [2.05, 4.69) is 0 Å². The molecule has 0 aliphatic heterocycles. The highest BCUT2D eigenvalue weighted by molar-refractivity contribution is 6.24. The Morgan fingerprint density at radius 1 is 0.595 bits per heavy atom. The van der Waals surface area contributed by atoms with Gasteiger partial charge in [0.1, 0.15) is 0 Å². The summed E-state index contributed by atoms with van der Waals surface area (Å²) in [5, 5.41) is 22.4. The van der Waals surface area contributed by atoms with Gasteiger partial charge in [0.2, 0.25) is 11.6 Å². The van der Waals surface area contributed by atoms with Gasteiger partial charge in [-0.1, -0.05) is 12.1 Å². The number of carbonyl (C=O) groups excluding carboxylic acids is 4. The summed E-state index contributed by atoms with van der Waals surface area (Å²) < 4.78 is 30.7. The van der Waals surface area contributed by atoms with Gasteiger partial charge in [-0.25, -0.2) is 0 Å². The Balaban J connectivity index is 2.20. The fourth-order valence-electron chi connectivity index (χ4n) is 4.77. The smallest absolute Gasteiger partial charge is 0.306 e. The molecule has 1 aliphatic rings. The molecule has 0 saturated carbocycles. The number of benzene rings is 2. The van der Waals surface area contributed by atoms with Crippen LogP contribution in [0.15, 0.2) is 59.1 Å². The van der Waals surface area contributed by atoms with Crippen LogP contribution in [0.4, 0.5) is 0 Å². The Morgan fingerprint density at radius 2 is 0.929 bits per heavy atom. The standard InChI is InChI=1S/C30H32O12/c1-37-19-9-7-15(11-21(19)39-3)17(13-23(31)41-5)25-27(33)29(35)26(30(36)28(25)34)18(14-24(32)42-6)16-8-10-20(38-2)22(12-16)40-4/h7-12,17-18,33,36H,13-14H2,1-6H3. The van der Waals surface area contributed by atoms with E-state index in [1.807, 2.05) is 0 Å². The average Bonchev–Trinajstić information content (AvgIpc) is 3.01. The summed E-state index contributed by atoms with van der Waals surface area (Å²) in [6.07, 6.45) is -0.928. The van der Waals surface area contributed by atoms with Gasteiger partial charge in [-0.15, -0.1) is 0 Å². The van der Waals surface area contributed by atoms with Crippen molar-refractivity contribution in [2.45, 2.75) is 24.7 Å². The normalized spacial score (nSPS) is 14.7. The van der Waals surface area contributed by atoms with E-state index < -0.39 is 70.8 Å². The highest BCUT2D eigenvalue weighted by Gasteiger charge is 2.43. The predicted octanol–water partition coefficient (Wildman–Crippen LogP) is 3.49. The SMILES string of the molecule is COC(=O)CC(C1=C(O)C(=O)C(C(CC(=O)OC)c2ccc(OC)c(OC)c2)=C(O)C1=O)c1ccc(OC)c(OC)c1. The minimum absolute atomic E-state index is 0.256. The van der Waals surface area contributed by atoms with Crippen molar-refractivity contribution in [3.8, 4) is 23.0 Å². The van der Waals surface area contributed by atoms with Gasteiger partial charge in [0.25, 0.3) is 0 Å². The lowest BCUT2D eigenvalue weighted by Gasteiger charge is -2.28. The number of Topliss-reactive ketones (excluding diaryl/α,β-unsaturated/α-hetero) is 2. The van der Waals surface area contributed by atoms with Gasteiger partial charge in [-0.2, -0.15) is 0 Å². The van der Waals surface area contributed by atoms with Gasteiger partial charge in [-0.05, 0) is 35.4 Å². The molecule has 0 heterocycles. The van der Waals surface area contributed by atoms with Crippen molar-refractivity contribution >= 4 is 23.5 Å². The summed E-state index contributed by atoms with van der Waals surface area (Å²) >= 11 is 0. The van der Waals surface area contributed by atoms with E-state index in [4.69, 9.17) is 28.4 Å². The van der Waals surface area contributed by atoms with Crippen molar-refractivity contribution in [3.05, 3.63) is 70.2 Å². The monoisotopic (exact) mass is 584 g/mol. The number of rotatable bonds is 12. The Hall–Kier alpha value is -5.00. The zero-order chi connectivity index (χ0) is 31.1. The molecule has 2 aromatic rings. The molecule has 0 saturated heterocycles. The molecule has 0 bridgehead atoms. The van der Waals surface area contributed by atoms with Crippen LogP contribution in [-0.2, 0) is 28.7 Å². The number of allylic oxidation sites excluding steroid dienone is 2. The largest absolute Gasteiger partial charge is 0.504 e. The van der Waals surface area contributed by atoms with E-state index in [0.29, 0.717) is 22.6 Å². The topological polar surface area (TPSA) is 164 Å². The second-order valence-corrected chi connectivity index (χ2v) is 9.08. The molecule has 0 aromatic heterocycles. The lowest BCUT2D eigenvalue weighted by atomic mass is 9.75. The molecule has 2 atom stereocenters. The number of ketones is 2. The summed E-state index contributed by atoms with van der Waals surface area (Å²) in [5.74, 6) is -6.94. The number of ether oxygens (including phenoxy) is 6. The van der Waals surface area contributed by atoms with Crippen LogP contribution < -0.4 is 18.9 Å². The zero-order valence-electron chi connectivity index (χ0n) is 24.0. The molecule has 224 valence electrons. The van der Waals surface area contributed by atoms with E-state index >= 15 is 0 Å². The molecule has 0 radical (unpaired) electrons. The summed E-state index contributed by atoms with van der Waals surface area (Å²) in [4.78, 5) is 52.2. The van der Waals surface area contributed by atoms with Crippen molar-refractivity contribution in [1.82, 2.24) is 0 Å². The van der Waals surface area contributed by atoms with E-state index in [1.165, 1.54) is 64.8 Å². The molecule has 1 aliphatic carbocycles. The maximum Gasteiger partial charge on any atom is 0.306 e. The van der Waals surface area contributed by atoms with Crippen LogP contribution in [0.3, 0.4) is 0 Å². The maximum atomic E-state index is 13.7. The number of hydrogen-bond donors (Lipinski definition) is 2. The van der Waals surface area contributed by atoms with Crippen LogP contribution >= 0.6 is 0 Å². The number of hydrogen-bond acceptors (Lipinski definition) is 12. The van der Waals surface area contributed by atoms with E-state index in [9.17, 15) is 29.4 Å². The van der Waals surface area contributed by atoms with Crippen LogP contribution in [0.25, 0.3) is 0 Å². The van der Waals surface area contributed by atoms with Crippen molar-refractivity contribution in [2.75, 3.05) is 42.7 Å². The number of esters is 2. The molecule has 42 heavy (non-hydrogen) atoms. The number of methoxy groups -OCH3 is 6. The summed E-state index contributed by atoms with van der Waals surface area (Å²) in [7, 11) is 7.92. The second kappa shape index (κ2) is 13.6. The first-order chi connectivity index (χ1) is 20.1. The third-order valence-corrected chi connectivity index (χ3v) is 6.94. The molecule has 0 amide bonds. The summed E-state index contributed by atoms with van der Waals surface area (Å²) in [6, 6.07) is 9.04. The van der Waals surface area contributed by atoms with Crippen LogP contribution in [0.2, 0.25) is 0 Å². The van der Waals surface area contributed by atoms with Crippen molar-refractivity contribution < 1.29 is 57.8 Å². The molecular weight excluding hydrogens is 552 g/mol.